The highest BCUT2D eigenvalue weighted by Gasteiger charge is 2.18. The maximum Gasteiger partial charge on any atom is 0.358 e. The lowest BCUT2D eigenvalue weighted by Gasteiger charge is -2.12. The molecule has 5 nitrogen and oxygen atoms in total. The predicted molar refractivity (Wildman–Crippen MR) is 74.0 cm³/mol. The highest BCUT2D eigenvalue weighted by molar-refractivity contribution is 5.88. The molecule has 0 aliphatic carbocycles. The van der Waals surface area contributed by atoms with E-state index in [2.05, 4.69) is 12.1 Å². The number of ether oxygens (including phenoxy) is 1. The summed E-state index contributed by atoms with van der Waals surface area (Å²) in [5.74, 6) is 0.158. The van der Waals surface area contributed by atoms with Gasteiger partial charge in [-0.1, -0.05) is 12.1 Å². The number of aromatic carboxylic acids is 1. The first-order chi connectivity index (χ1) is 9.52. The Labute approximate surface area is 117 Å². The van der Waals surface area contributed by atoms with Crippen molar-refractivity contribution >= 4 is 5.97 Å². The van der Waals surface area contributed by atoms with Gasteiger partial charge in [0, 0.05) is 11.1 Å². The zero-order valence-corrected chi connectivity index (χ0v) is 11.7. The van der Waals surface area contributed by atoms with Crippen LogP contribution in [0.1, 0.15) is 36.3 Å². The summed E-state index contributed by atoms with van der Waals surface area (Å²) in [4.78, 5) is 10.9. The molecule has 5 heteroatoms. The van der Waals surface area contributed by atoms with E-state index in [1.165, 1.54) is 0 Å². The first-order valence-electron chi connectivity index (χ1n) is 6.49. The van der Waals surface area contributed by atoms with Crippen LogP contribution in [0, 0.1) is 6.92 Å². The second kappa shape index (κ2) is 5.77. The Morgan fingerprint density at radius 1 is 1.40 bits per heavy atom. The number of hydrogen-bond acceptors (Lipinski definition) is 4. The Bertz CT molecular complexity index is 601. The van der Waals surface area contributed by atoms with Crippen molar-refractivity contribution < 1.29 is 19.2 Å². The van der Waals surface area contributed by atoms with E-state index in [4.69, 9.17) is 14.4 Å². The third-order valence-electron chi connectivity index (χ3n) is 3.16. The minimum atomic E-state index is -1.09. The van der Waals surface area contributed by atoms with Gasteiger partial charge >= 0.3 is 5.97 Å². The van der Waals surface area contributed by atoms with E-state index in [0.29, 0.717) is 11.3 Å². The number of carboxylic acids is 1. The van der Waals surface area contributed by atoms with Crippen molar-refractivity contribution in [1.82, 2.24) is 5.16 Å². The molecule has 106 valence electrons. The molecule has 0 spiro atoms. The van der Waals surface area contributed by atoms with E-state index < -0.39 is 5.97 Å². The number of carbonyl (C=O) groups is 1. The van der Waals surface area contributed by atoms with Gasteiger partial charge in [0.25, 0.3) is 0 Å². The molecule has 0 saturated heterocycles. The van der Waals surface area contributed by atoms with Crippen LogP contribution in [0.5, 0.6) is 5.75 Å². The number of carboxylic acid groups (broad SMARTS) is 1. The fourth-order valence-electron chi connectivity index (χ4n) is 1.80. The van der Waals surface area contributed by atoms with Crippen molar-refractivity contribution in [2.75, 3.05) is 0 Å². The minimum absolute atomic E-state index is 0.0556. The normalized spacial score (nSPS) is 12.2. The van der Waals surface area contributed by atoms with Gasteiger partial charge in [0.1, 0.15) is 5.75 Å². The molecule has 0 radical (unpaired) electrons. The van der Waals surface area contributed by atoms with Crippen LogP contribution in [0.4, 0.5) is 0 Å². The van der Waals surface area contributed by atoms with Gasteiger partial charge in [-0.15, -0.1) is 0 Å². The Kier molecular flexibility index (Phi) is 4.08. The molecule has 0 saturated carbocycles. The monoisotopic (exact) mass is 275 g/mol. The molecule has 0 amide bonds. The van der Waals surface area contributed by atoms with E-state index in [1.807, 2.05) is 31.2 Å². The van der Waals surface area contributed by atoms with Gasteiger partial charge in [0.05, 0.1) is 6.10 Å². The molecule has 2 aromatic rings. The van der Waals surface area contributed by atoms with Crippen LogP contribution in [-0.4, -0.2) is 22.3 Å². The molecule has 0 bridgehead atoms. The number of benzene rings is 1. The van der Waals surface area contributed by atoms with Gasteiger partial charge in [-0.05, 0) is 44.5 Å². The molecule has 1 aromatic carbocycles. The van der Waals surface area contributed by atoms with Crippen molar-refractivity contribution in [1.29, 1.82) is 0 Å². The Morgan fingerprint density at radius 3 is 2.55 bits per heavy atom. The smallest absolute Gasteiger partial charge is 0.358 e. The molecule has 20 heavy (non-hydrogen) atoms. The fourth-order valence-corrected chi connectivity index (χ4v) is 1.80. The van der Waals surface area contributed by atoms with Crippen LogP contribution in [0.2, 0.25) is 0 Å². The number of hydrogen-bond donors (Lipinski definition) is 1. The molecule has 1 unspecified atom stereocenters. The molecule has 1 heterocycles. The third kappa shape index (κ3) is 2.82. The lowest BCUT2D eigenvalue weighted by Crippen LogP contribution is -2.09. The van der Waals surface area contributed by atoms with Crippen molar-refractivity contribution in [3.63, 3.8) is 0 Å². The number of nitrogens with zero attached hydrogens (tertiary/aromatic N) is 1. The maximum absolute atomic E-state index is 10.9. The van der Waals surface area contributed by atoms with Crippen molar-refractivity contribution in [2.45, 2.75) is 33.3 Å². The quantitative estimate of drug-likeness (QED) is 0.903. The van der Waals surface area contributed by atoms with Crippen LogP contribution in [0.25, 0.3) is 11.3 Å². The lowest BCUT2D eigenvalue weighted by atomic mass is 10.1. The maximum atomic E-state index is 10.9. The summed E-state index contributed by atoms with van der Waals surface area (Å²) in [6.45, 7) is 5.75. The van der Waals surface area contributed by atoms with Crippen molar-refractivity contribution in [3.8, 4) is 17.1 Å². The Hall–Kier alpha value is -2.30. The molecular weight excluding hydrogens is 258 g/mol. The third-order valence-corrected chi connectivity index (χ3v) is 3.16. The largest absolute Gasteiger partial charge is 0.491 e. The second-order valence-corrected chi connectivity index (χ2v) is 4.65. The van der Waals surface area contributed by atoms with E-state index >= 15 is 0 Å². The van der Waals surface area contributed by atoms with Gasteiger partial charge in [-0.25, -0.2) is 4.79 Å². The van der Waals surface area contributed by atoms with E-state index in [0.717, 1.165) is 17.7 Å². The first-order valence-corrected chi connectivity index (χ1v) is 6.49. The van der Waals surface area contributed by atoms with Crippen molar-refractivity contribution in [3.05, 3.63) is 35.5 Å². The highest BCUT2D eigenvalue weighted by atomic mass is 16.5. The molecule has 1 aromatic heterocycles. The summed E-state index contributed by atoms with van der Waals surface area (Å²) in [7, 11) is 0. The second-order valence-electron chi connectivity index (χ2n) is 4.65. The molecule has 0 fully saturated rings. The lowest BCUT2D eigenvalue weighted by molar-refractivity contribution is 0.0685. The molecule has 2 rings (SSSR count). The van der Waals surface area contributed by atoms with Crippen LogP contribution < -0.4 is 4.74 Å². The minimum Gasteiger partial charge on any atom is -0.491 e. The first kappa shape index (κ1) is 14.1. The molecule has 0 aliphatic heterocycles. The molecule has 0 aliphatic rings. The zero-order chi connectivity index (χ0) is 14.7. The average molecular weight is 275 g/mol. The van der Waals surface area contributed by atoms with Crippen molar-refractivity contribution in [2.24, 2.45) is 0 Å². The topological polar surface area (TPSA) is 72.6 Å². The SMILES string of the molecule is CCC(C)Oc1ccc(-c2onc(C(=O)O)c2C)cc1. The van der Waals surface area contributed by atoms with Gasteiger partial charge in [0.2, 0.25) is 0 Å². The highest BCUT2D eigenvalue weighted by Crippen LogP contribution is 2.27. The summed E-state index contributed by atoms with van der Waals surface area (Å²) in [5.41, 5.74) is 1.24. The van der Waals surface area contributed by atoms with Crippen LogP contribution in [0.3, 0.4) is 0 Å². The summed E-state index contributed by atoms with van der Waals surface area (Å²) in [6, 6.07) is 7.33. The van der Waals surface area contributed by atoms with Crippen LogP contribution in [-0.2, 0) is 0 Å². The van der Waals surface area contributed by atoms with Crippen LogP contribution >= 0.6 is 0 Å². The summed E-state index contributed by atoms with van der Waals surface area (Å²) in [5, 5.41) is 12.5. The molecule has 1 N–H and O–H groups in total. The number of rotatable bonds is 5. The van der Waals surface area contributed by atoms with Gasteiger partial charge in [-0.3, -0.25) is 0 Å². The summed E-state index contributed by atoms with van der Waals surface area (Å²) >= 11 is 0. The average Bonchev–Trinajstić information content (AvgIpc) is 2.81. The molecular formula is C15H17NO4. The summed E-state index contributed by atoms with van der Waals surface area (Å²) in [6.07, 6.45) is 1.09. The van der Waals surface area contributed by atoms with Crippen LogP contribution in [0.15, 0.2) is 28.8 Å². The fraction of sp³-hybridized carbons (Fsp3) is 0.333. The molecule has 1 atom stereocenters. The Balaban J connectivity index is 2.24. The van der Waals surface area contributed by atoms with E-state index in [1.54, 1.807) is 6.92 Å². The van der Waals surface area contributed by atoms with E-state index in [9.17, 15) is 4.79 Å². The predicted octanol–water partition coefficient (Wildman–Crippen LogP) is 3.53. The summed E-state index contributed by atoms with van der Waals surface area (Å²) < 4.78 is 10.8. The zero-order valence-electron chi connectivity index (χ0n) is 11.7. The van der Waals surface area contributed by atoms with E-state index in [-0.39, 0.29) is 11.8 Å². The van der Waals surface area contributed by atoms with Gasteiger partial charge < -0.3 is 14.4 Å². The Morgan fingerprint density at radius 2 is 2.05 bits per heavy atom. The van der Waals surface area contributed by atoms with Gasteiger partial charge in [-0.2, -0.15) is 0 Å². The number of aromatic nitrogens is 1. The standard InChI is InChI=1S/C15H17NO4/c1-4-9(2)19-12-7-5-11(6-8-12)14-10(3)13(15(17)18)16-20-14/h5-9H,4H2,1-3H3,(H,17,18). The van der Waals surface area contributed by atoms with Gasteiger partial charge in [0.15, 0.2) is 11.5 Å².